The zero-order valence-corrected chi connectivity index (χ0v) is 39.6. The Morgan fingerprint density at radius 1 is 0.236 bits per heavy atom. The van der Waals surface area contributed by atoms with Crippen LogP contribution in [-0.4, -0.2) is 4.57 Å². The van der Waals surface area contributed by atoms with E-state index in [0.717, 1.165) is 39.4 Å². The van der Waals surface area contributed by atoms with Crippen molar-refractivity contribution < 1.29 is 0 Å². The number of rotatable bonds is 10. The highest BCUT2D eigenvalue weighted by atomic mass is 15.1. The smallest absolute Gasteiger partial charge is 0.0541 e. The molecule has 0 spiro atoms. The van der Waals surface area contributed by atoms with Crippen molar-refractivity contribution in [2.24, 2.45) is 0 Å². The lowest BCUT2D eigenvalue weighted by Gasteiger charge is -2.30. The van der Waals surface area contributed by atoms with Crippen molar-refractivity contribution in [3.05, 3.63) is 291 Å². The molecular formula is C70H48N2. The van der Waals surface area contributed by atoms with Crippen LogP contribution in [0.4, 0.5) is 17.1 Å². The Kier molecular flexibility index (Phi) is 10.9. The predicted octanol–water partition coefficient (Wildman–Crippen LogP) is 19.4. The number of hydrogen-bond acceptors (Lipinski definition) is 1. The molecule has 13 aromatic rings. The highest BCUT2D eigenvalue weighted by molar-refractivity contribution is 6.11. The second-order valence-corrected chi connectivity index (χ2v) is 18.5. The highest BCUT2D eigenvalue weighted by Gasteiger charge is 2.21. The summed E-state index contributed by atoms with van der Waals surface area (Å²) in [6.45, 7) is 0. The molecule has 0 bridgehead atoms. The first-order valence-electron chi connectivity index (χ1n) is 24.7. The second kappa shape index (κ2) is 18.4. The average molecular weight is 917 g/mol. The van der Waals surface area contributed by atoms with E-state index in [1.807, 2.05) is 0 Å². The van der Waals surface area contributed by atoms with E-state index in [1.165, 1.54) is 82.6 Å². The largest absolute Gasteiger partial charge is 0.309 e. The molecule has 12 aromatic carbocycles. The van der Waals surface area contributed by atoms with Crippen molar-refractivity contribution in [1.29, 1.82) is 0 Å². The van der Waals surface area contributed by atoms with Crippen molar-refractivity contribution in [2.75, 3.05) is 4.90 Å². The summed E-state index contributed by atoms with van der Waals surface area (Å²) in [6.07, 6.45) is 0. The maximum Gasteiger partial charge on any atom is 0.0541 e. The van der Waals surface area contributed by atoms with Crippen LogP contribution in [0.25, 0.3) is 105 Å². The van der Waals surface area contributed by atoms with Crippen LogP contribution in [0.1, 0.15) is 0 Å². The SMILES string of the molecule is c1ccc(-c2cccc(-c3ccccc3N(c3ccccc3)c3ccccc3-c3ccc(-c4ccc5c(c4)c4ccccc4n5-c4cc(-c5ccccc5)cc(-c5ccc6ccccc6c5)c4)cc3)c2)cc1. The van der Waals surface area contributed by atoms with Gasteiger partial charge in [-0.15, -0.1) is 0 Å². The van der Waals surface area contributed by atoms with Gasteiger partial charge in [-0.2, -0.15) is 0 Å². The first kappa shape index (κ1) is 42.6. The summed E-state index contributed by atoms with van der Waals surface area (Å²) in [5.41, 5.74) is 20.9. The molecule has 0 N–H and O–H groups in total. The molecule has 0 unspecified atom stereocenters. The number of hydrogen-bond donors (Lipinski definition) is 0. The molecule has 1 heterocycles. The van der Waals surface area contributed by atoms with Crippen LogP contribution in [0.3, 0.4) is 0 Å². The Morgan fingerprint density at radius 2 is 0.694 bits per heavy atom. The molecule has 0 saturated carbocycles. The molecule has 2 heteroatoms. The van der Waals surface area contributed by atoms with Crippen LogP contribution < -0.4 is 4.90 Å². The lowest BCUT2D eigenvalue weighted by Crippen LogP contribution is -2.12. The van der Waals surface area contributed by atoms with E-state index in [1.54, 1.807) is 0 Å². The van der Waals surface area contributed by atoms with E-state index in [0.29, 0.717) is 0 Å². The number of para-hydroxylation sites is 4. The molecule has 0 aliphatic rings. The third kappa shape index (κ3) is 7.92. The molecule has 0 radical (unpaired) electrons. The van der Waals surface area contributed by atoms with Crippen LogP contribution in [0.2, 0.25) is 0 Å². The molecule has 0 fully saturated rings. The fourth-order valence-corrected chi connectivity index (χ4v) is 10.7. The Morgan fingerprint density at radius 3 is 1.43 bits per heavy atom. The predicted molar refractivity (Wildman–Crippen MR) is 306 cm³/mol. The molecule has 338 valence electrons. The van der Waals surface area contributed by atoms with Crippen molar-refractivity contribution in [1.82, 2.24) is 4.57 Å². The van der Waals surface area contributed by atoms with E-state index in [2.05, 4.69) is 301 Å². The summed E-state index contributed by atoms with van der Waals surface area (Å²) in [7, 11) is 0. The molecule has 0 aliphatic carbocycles. The van der Waals surface area contributed by atoms with Crippen LogP contribution in [0.5, 0.6) is 0 Å². The van der Waals surface area contributed by atoms with Gasteiger partial charge in [0.05, 0.1) is 22.4 Å². The van der Waals surface area contributed by atoms with Crippen LogP contribution >= 0.6 is 0 Å². The minimum atomic E-state index is 1.09. The number of anilines is 3. The summed E-state index contributed by atoms with van der Waals surface area (Å²) in [5.74, 6) is 0. The third-order valence-electron chi connectivity index (χ3n) is 14.2. The molecule has 0 amide bonds. The van der Waals surface area contributed by atoms with E-state index in [9.17, 15) is 0 Å². The van der Waals surface area contributed by atoms with Crippen LogP contribution in [0.15, 0.2) is 291 Å². The molecule has 2 nitrogen and oxygen atoms in total. The van der Waals surface area contributed by atoms with Crippen LogP contribution in [-0.2, 0) is 0 Å². The molecule has 0 aliphatic heterocycles. The fourth-order valence-electron chi connectivity index (χ4n) is 10.7. The van der Waals surface area contributed by atoms with Crippen molar-refractivity contribution in [2.45, 2.75) is 0 Å². The van der Waals surface area contributed by atoms with Gasteiger partial charge in [-0.1, -0.05) is 218 Å². The maximum absolute atomic E-state index is 2.45. The topological polar surface area (TPSA) is 8.17 Å². The van der Waals surface area contributed by atoms with Gasteiger partial charge in [0, 0.05) is 33.3 Å². The zero-order chi connectivity index (χ0) is 47.8. The number of aromatic nitrogens is 1. The molecule has 13 rings (SSSR count). The minimum Gasteiger partial charge on any atom is -0.309 e. The van der Waals surface area contributed by atoms with Gasteiger partial charge in [-0.3, -0.25) is 0 Å². The second-order valence-electron chi connectivity index (χ2n) is 18.5. The first-order valence-corrected chi connectivity index (χ1v) is 24.7. The molecule has 0 atom stereocenters. The number of nitrogens with zero attached hydrogens (tertiary/aromatic N) is 2. The van der Waals surface area contributed by atoms with Crippen molar-refractivity contribution in [3.8, 4) is 72.4 Å². The fraction of sp³-hybridized carbons (Fsp3) is 0. The van der Waals surface area contributed by atoms with Gasteiger partial charge in [-0.25, -0.2) is 0 Å². The van der Waals surface area contributed by atoms with E-state index in [4.69, 9.17) is 0 Å². The van der Waals surface area contributed by atoms with Gasteiger partial charge in [0.1, 0.15) is 0 Å². The molecule has 72 heavy (non-hydrogen) atoms. The van der Waals surface area contributed by atoms with Crippen molar-refractivity contribution in [3.63, 3.8) is 0 Å². The minimum absolute atomic E-state index is 1.09. The molecular weight excluding hydrogens is 869 g/mol. The summed E-state index contributed by atoms with van der Waals surface area (Å²) in [4.78, 5) is 2.41. The van der Waals surface area contributed by atoms with E-state index in [-0.39, 0.29) is 0 Å². The quantitative estimate of drug-likeness (QED) is 0.133. The van der Waals surface area contributed by atoms with Gasteiger partial charge in [-0.05, 0) is 139 Å². The standard InChI is InChI=1S/C70H48N2/c1-4-19-49(20-5-1)55-25-18-26-58(44-55)64-30-13-16-33-68(64)71(61-27-8-3-9-28-61)67-32-15-12-29-63(67)53-38-35-52(36-39-53)57-41-42-70-66(48-57)65-31-14-17-34-69(65)72(70)62-46-59(50-21-6-2-7-22-50)45-60(47-62)56-40-37-51-23-10-11-24-54(51)43-56/h1-48H. The van der Waals surface area contributed by atoms with Gasteiger partial charge in [0.25, 0.3) is 0 Å². The molecule has 0 saturated heterocycles. The summed E-state index contributed by atoms with van der Waals surface area (Å²) in [5, 5.41) is 4.93. The lowest BCUT2D eigenvalue weighted by atomic mass is 9.95. The Hall–Kier alpha value is -9.50. The monoisotopic (exact) mass is 916 g/mol. The summed E-state index contributed by atoms with van der Waals surface area (Å²) >= 11 is 0. The number of benzene rings is 12. The lowest BCUT2D eigenvalue weighted by molar-refractivity contribution is 1.18. The van der Waals surface area contributed by atoms with Gasteiger partial charge in [0.15, 0.2) is 0 Å². The first-order chi connectivity index (χ1) is 35.7. The Balaban J connectivity index is 0.890. The van der Waals surface area contributed by atoms with Crippen molar-refractivity contribution >= 4 is 49.6 Å². The maximum atomic E-state index is 2.45. The third-order valence-corrected chi connectivity index (χ3v) is 14.2. The van der Waals surface area contributed by atoms with Gasteiger partial charge < -0.3 is 9.47 Å². The van der Waals surface area contributed by atoms with Gasteiger partial charge >= 0.3 is 0 Å². The summed E-state index contributed by atoms with van der Waals surface area (Å²) in [6, 6.07) is 106. The van der Waals surface area contributed by atoms with Crippen LogP contribution in [0, 0.1) is 0 Å². The Labute approximate surface area is 420 Å². The van der Waals surface area contributed by atoms with E-state index < -0.39 is 0 Å². The van der Waals surface area contributed by atoms with Gasteiger partial charge in [0.2, 0.25) is 0 Å². The summed E-state index contributed by atoms with van der Waals surface area (Å²) < 4.78 is 2.45. The normalized spacial score (nSPS) is 11.3. The average Bonchev–Trinajstić information content (AvgIpc) is 3.80. The van der Waals surface area contributed by atoms with E-state index >= 15 is 0 Å². The molecule has 1 aromatic heterocycles. The number of fused-ring (bicyclic) bond motifs is 4. The highest BCUT2D eigenvalue weighted by Crippen LogP contribution is 2.46. The Bertz CT molecular complexity index is 4080. The zero-order valence-electron chi connectivity index (χ0n) is 39.6.